The number of para-hydroxylation sites is 1. The van der Waals surface area contributed by atoms with Gasteiger partial charge in [-0.15, -0.1) is 0 Å². The van der Waals surface area contributed by atoms with Gasteiger partial charge in [0, 0.05) is 0 Å². The van der Waals surface area contributed by atoms with Gasteiger partial charge in [-0.25, -0.2) is 0 Å². The zero-order chi connectivity index (χ0) is 19.3. The van der Waals surface area contributed by atoms with Crippen LogP contribution >= 0.6 is 0 Å². The van der Waals surface area contributed by atoms with Gasteiger partial charge in [0.05, 0.1) is 5.69 Å². The number of halogens is 6. The highest BCUT2D eigenvalue weighted by atomic mass is 32.1. The molecule has 136 valence electrons. The molecule has 25 heavy (non-hydrogen) atoms. The topological polar surface area (TPSA) is 75.6 Å². The number of nitrogens with one attached hydrogen (secondary N) is 1. The van der Waals surface area contributed by atoms with Crippen LogP contribution in [0.3, 0.4) is 0 Å². The Morgan fingerprint density at radius 2 is 1.56 bits per heavy atom. The summed E-state index contributed by atoms with van der Waals surface area (Å²) in [5, 5.41) is 2.28. The van der Waals surface area contributed by atoms with Crippen LogP contribution in [0.25, 0.3) is 0 Å². The lowest BCUT2D eigenvalue weighted by Crippen LogP contribution is -2.40. The summed E-state index contributed by atoms with van der Waals surface area (Å²) in [6.45, 7) is 0. The fraction of sp³-hybridized carbons (Fsp3) is 0.231. The first-order valence-electron chi connectivity index (χ1n) is 6.23. The van der Waals surface area contributed by atoms with E-state index in [9.17, 15) is 40.1 Å². The molecule has 1 aromatic rings. The number of rotatable bonds is 6. The van der Waals surface area contributed by atoms with Gasteiger partial charge in [0.25, 0.3) is 11.6 Å². The van der Waals surface area contributed by atoms with Gasteiger partial charge in [-0.2, -0.15) is 34.9 Å². The molecule has 0 spiro atoms. The van der Waals surface area contributed by atoms with Gasteiger partial charge in [-0.05, 0) is 24.4 Å². The lowest BCUT2D eigenvalue weighted by molar-refractivity contribution is -0.187. The number of ketones is 2. The fourth-order valence-corrected chi connectivity index (χ4v) is 1.84. The lowest BCUT2D eigenvalue weighted by atomic mass is 9.98. The molecule has 1 rings (SSSR count). The molecule has 0 aliphatic carbocycles. The maximum Gasteiger partial charge on any atom is 0.451 e. The van der Waals surface area contributed by atoms with E-state index in [4.69, 9.17) is 0 Å². The second-order valence-electron chi connectivity index (χ2n) is 4.39. The molecule has 1 aromatic carbocycles. The minimum Gasteiger partial charge on any atom is -0.360 e. The Labute approximate surface area is 140 Å². The number of nitrogens with zero attached hydrogens (tertiary/aromatic N) is 1. The van der Waals surface area contributed by atoms with Crippen LogP contribution in [0.15, 0.2) is 40.9 Å². The molecule has 12 heteroatoms. The predicted octanol–water partition coefficient (Wildman–Crippen LogP) is 3.52. The van der Waals surface area contributed by atoms with Crippen LogP contribution < -0.4 is 5.32 Å². The third-order valence-electron chi connectivity index (χ3n) is 2.69. The lowest BCUT2D eigenvalue weighted by Gasteiger charge is -2.14. The van der Waals surface area contributed by atoms with Gasteiger partial charge in [0.2, 0.25) is 11.5 Å². The van der Waals surface area contributed by atoms with Crippen molar-refractivity contribution in [1.29, 1.82) is 0 Å². The van der Waals surface area contributed by atoms with Gasteiger partial charge in [0.15, 0.2) is 0 Å². The van der Waals surface area contributed by atoms with Crippen molar-refractivity contribution in [2.24, 2.45) is 10.3 Å². The monoisotopic (exact) mass is 386 g/mol. The van der Waals surface area contributed by atoms with Gasteiger partial charge in [-0.1, -0.05) is 12.1 Å². The summed E-state index contributed by atoms with van der Waals surface area (Å²) in [6.07, 6.45) is -10.5. The Kier molecular flexibility index (Phi) is 6.62. The molecule has 1 N–H and O–H groups in total. The molecule has 0 saturated heterocycles. The van der Waals surface area contributed by atoms with Gasteiger partial charge in [0.1, 0.15) is 11.6 Å². The molecule has 0 aromatic heterocycles. The molecule has 0 radical (unpaired) electrons. The van der Waals surface area contributed by atoms with Crippen molar-refractivity contribution in [1.82, 2.24) is 0 Å². The second kappa shape index (κ2) is 8.05. The fourth-order valence-electron chi connectivity index (χ4n) is 1.60. The van der Waals surface area contributed by atoms with E-state index in [0.717, 1.165) is 0 Å². The summed E-state index contributed by atoms with van der Waals surface area (Å²) >= 11 is -0.170. The Bertz CT molecular complexity index is 712. The van der Waals surface area contributed by atoms with E-state index in [1.165, 1.54) is 24.3 Å². The third-order valence-corrected chi connectivity index (χ3v) is 2.96. The van der Waals surface area contributed by atoms with Crippen molar-refractivity contribution >= 4 is 34.4 Å². The number of alkyl halides is 6. The van der Waals surface area contributed by atoms with Crippen LogP contribution in [0, 0.1) is 5.92 Å². The Morgan fingerprint density at radius 3 is 2.04 bits per heavy atom. The van der Waals surface area contributed by atoms with Crippen LogP contribution in [-0.4, -0.2) is 28.1 Å². The molecule has 0 amide bonds. The van der Waals surface area contributed by atoms with Crippen molar-refractivity contribution in [2.45, 2.75) is 12.4 Å². The SMILES string of the molecule is O=S=Nc1ccccc1N/C=C/C(C(=O)C(F)(F)F)C(=O)C(F)(F)F. The van der Waals surface area contributed by atoms with Crippen LogP contribution in [0.4, 0.5) is 37.7 Å². The van der Waals surface area contributed by atoms with E-state index in [1.807, 2.05) is 0 Å². The average molecular weight is 386 g/mol. The van der Waals surface area contributed by atoms with Crippen LogP contribution in [-0.2, 0) is 21.1 Å². The van der Waals surface area contributed by atoms with E-state index in [0.29, 0.717) is 6.20 Å². The second-order valence-corrected chi connectivity index (χ2v) is 4.72. The minimum atomic E-state index is -5.62. The highest BCUT2D eigenvalue weighted by Gasteiger charge is 2.52. The van der Waals surface area contributed by atoms with Crippen molar-refractivity contribution in [3.63, 3.8) is 0 Å². The van der Waals surface area contributed by atoms with Crippen molar-refractivity contribution in [3.8, 4) is 0 Å². The molecule has 0 atom stereocenters. The van der Waals surface area contributed by atoms with E-state index in [1.54, 1.807) is 0 Å². The first kappa shape index (κ1) is 20.5. The van der Waals surface area contributed by atoms with Gasteiger partial charge >= 0.3 is 12.4 Å². The molecule has 0 aliphatic heterocycles. The summed E-state index contributed by atoms with van der Waals surface area (Å²) in [6, 6.07) is 5.60. The molecule has 0 heterocycles. The minimum absolute atomic E-state index is 0.0630. The predicted molar refractivity (Wildman–Crippen MR) is 75.0 cm³/mol. The Balaban J connectivity index is 3.10. The average Bonchev–Trinajstić information content (AvgIpc) is 2.50. The molecule has 0 aliphatic rings. The zero-order valence-electron chi connectivity index (χ0n) is 11.9. The largest absolute Gasteiger partial charge is 0.451 e. The number of Topliss-reactive ketones (excluding diaryl/α,β-unsaturated/α-hetero) is 2. The number of benzene rings is 1. The summed E-state index contributed by atoms with van der Waals surface area (Å²) < 4.78 is 88.1. The maximum absolute atomic E-state index is 12.4. The number of carbonyl (C=O) groups is 2. The normalized spacial score (nSPS) is 12.3. The summed E-state index contributed by atoms with van der Waals surface area (Å²) in [4.78, 5) is 22.2. The maximum atomic E-state index is 12.4. The van der Waals surface area contributed by atoms with E-state index < -0.39 is 29.8 Å². The third kappa shape index (κ3) is 5.81. The number of hydrogen-bond donors (Lipinski definition) is 1. The van der Waals surface area contributed by atoms with Gasteiger partial charge in [-0.3, -0.25) is 9.59 Å². The highest BCUT2D eigenvalue weighted by Crippen LogP contribution is 2.29. The Hall–Kier alpha value is -2.50. The van der Waals surface area contributed by atoms with Crippen LogP contribution in [0.5, 0.6) is 0 Å². The Morgan fingerprint density at radius 1 is 1.04 bits per heavy atom. The van der Waals surface area contributed by atoms with Crippen LogP contribution in [0.1, 0.15) is 0 Å². The van der Waals surface area contributed by atoms with Crippen molar-refractivity contribution < 1.29 is 40.1 Å². The quantitative estimate of drug-likeness (QED) is 0.600. The smallest absolute Gasteiger partial charge is 0.360 e. The number of anilines is 1. The number of allylic oxidation sites excluding steroid dienone is 1. The van der Waals surface area contributed by atoms with Crippen LogP contribution in [0.2, 0.25) is 0 Å². The van der Waals surface area contributed by atoms with E-state index in [-0.39, 0.29) is 28.9 Å². The zero-order valence-corrected chi connectivity index (χ0v) is 12.7. The molecular weight excluding hydrogens is 378 g/mol. The standard InChI is InChI=1S/C13H8F6N2O3S/c14-12(15,16)10(22)7(11(23)13(17,18)19)5-6-20-8-3-1-2-4-9(8)21-25-24/h1-7,20H/b6-5+. The summed E-state index contributed by atoms with van der Waals surface area (Å²) in [7, 11) is 0. The highest BCUT2D eigenvalue weighted by molar-refractivity contribution is 7.54. The first-order valence-corrected chi connectivity index (χ1v) is 6.92. The number of carbonyl (C=O) groups excluding carboxylic acids is 2. The van der Waals surface area contributed by atoms with Crippen molar-refractivity contribution in [2.75, 3.05) is 5.32 Å². The first-order chi connectivity index (χ1) is 11.5. The molecule has 5 nitrogen and oxygen atoms in total. The molecular formula is C13H8F6N2O3S. The number of hydrogen-bond acceptors (Lipinski definition) is 5. The summed E-state index contributed by atoms with van der Waals surface area (Å²) in [5.41, 5.74) is 0.132. The molecule has 0 fully saturated rings. The van der Waals surface area contributed by atoms with E-state index in [2.05, 4.69) is 9.68 Å². The van der Waals surface area contributed by atoms with Crippen molar-refractivity contribution in [3.05, 3.63) is 36.5 Å². The molecule has 0 saturated carbocycles. The molecule has 0 unspecified atom stereocenters. The molecule has 0 bridgehead atoms. The van der Waals surface area contributed by atoms with Gasteiger partial charge < -0.3 is 5.32 Å². The van der Waals surface area contributed by atoms with E-state index >= 15 is 0 Å². The summed E-state index contributed by atoms with van der Waals surface area (Å²) in [5.74, 6) is -8.77.